The summed E-state index contributed by atoms with van der Waals surface area (Å²) in [6.07, 6.45) is 19.2. The predicted octanol–water partition coefficient (Wildman–Crippen LogP) is 15.8. The standard InChI is InChI=1S/C66H78/c1-7-49-13-25-55(26-14-49)37-43-61-62(44-38-56-27-15-50(8-2)16-28-56)64(46-40-58-31-19-52(10-4)20-32-58)66(48-42-60-35-23-54(12-6)24-36-60)65(47-41-59-33-21-53(11-5)22-34-59)63(61)45-39-57-29-17-51(9-3)18-30-57/h13-36H,7-12,37-48H2,1-6H3. The molecular formula is C66H78. The predicted molar refractivity (Wildman–Crippen MR) is 286 cm³/mol. The van der Waals surface area contributed by atoms with Crippen molar-refractivity contribution < 1.29 is 0 Å². The Labute approximate surface area is 401 Å². The lowest BCUT2D eigenvalue weighted by Crippen LogP contribution is -2.18. The Kier molecular flexibility index (Phi) is 18.3. The van der Waals surface area contributed by atoms with Crippen molar-refractivity contribution in [2.24, 2.45) is 0 Å². The van der Waals surface area contributed by atoms with Gasteiger partial charge in [0.15, 0.2) is 0 Å². The third-order valence-corrected chi connectivity index (χ3v) is 14.8. The van der Waals surface area contributed by atoms with Gasteiger partial charge in [-0.3, -0.25) is 0 Å². The first-order valence-electron chi connectivity index (χ1n) is 26.0. The second kappa shape index (κ2) is 24.9. The minimum atomic E-state index is 1.05. The molecule has 0 nitrogen and oxygen atoms in total. The van der Waals surface area contributed by atoms with Crippen LogP contribution in [0.2, 0.25) is 0 Å². The van der Waals surface area contributed by atoms with Crippen LogP contribution in [0.5, 0.6) is 0 Å². The summed E-state index contributed by atoms with van der Waals surface area (Å²) in [5.74, 6) is 0. The minimum Gasteiger partial charge on any atom is -0.0613 e. The summed E-state index contributed by atoms with van der Waals surface area (Å²) < 4.78 is 0. The van der Waals surface area contributed by atoms with Gasteiger partial charge in [0.2, 0.25) is 0 Å². The maximum Gasteiger partial charge on any atom is -0.0233 e. The van der Waals surface area contributed by atoms with Gasteiger partial charge in [-0.15, -0.1) is 0 Å². The number of hydrogen-bond donors (Lipinski definition) is 0. The molecule has 0 atom stereocenters. The van der Waals surface area contributed by atoms with Gasteiger partial charge >= 0.3 is 0 Å². The third-order valence-electron chi connectivity index (χ3n) is 14.8. The van der Waals surface area contributed by atoms with Crippen molar-refractivity contribution in [1.29, 1.82) is 0 Å². The summed E-state index contributed by atoms with van der Waals surface area (Å²) >= 11 is 0. The van der Waals surface area contributed by atoms with Gasteiger partial charge in [0.1, 0.15) is 0 Å². The lowest BCUT2D eigenvalue weighted by atomic mass is 9.76. The lowest BCUT2D eigenvalue weighted by molar-refractivity contribution is 0.777. The van der Waals surface area contributed by atoms with E-state index in [-0.39, 0.29) is 0 Å². The third kappa shape index (κ3) is 13.3. The maximum atomic E-state index is 2.41. The molecule has 0 heteroatoms. The summed E-state index contributed by atoms with van der Waals surface area (Å²) in [6.45, 7) is 13.6. The summed E-state index contributed by atoms with van der Waals surface area (Å²) in [5, 5.41) is 0. The quantitative estimate of drug-likeness (QED) is 0.0568. The van der Waals surface area contributed by atoms with E-state index in [9.17, 15) is 0 Å². The van der Waals surface area contributed by atoms with Crippen molar-refractivity contribution in [3.05, 3.63) is 246 Å². The van der Waals surface area contributed by atoms with Crippen molar-refractivity contribution in [2.45, 2.75) is 157 Å². The Hall–Kier alpha value is -5.46. The summed E-state index contributed by atoms with van der Waals surface area (Å²) in [5.41, 5.74) is 27.1. The summed E-state index contributed by atoms with van der Waals surface area (Å²) in [4.78, 5) is 0. The van der Waals surface area contributed by atoms with E-state index in [0.29, 0.717) is 0 Å². The molecule has 0 N–H and O–H groups in total. The zero-order valence-electron chi connectivity index (χ0n) is 41.6. The Morgan fingerprint density at radius 1 is 0.152 bits per heavy atom. The van der Waals surface area contributed by atoms with Crippen LogP contribution in [0.25, 0.3) is 0 Å². The molecule has 66 heavy (non-hydrogen) atoms. The van der Waals surface area contributed by atoms with E-state index in [1.54, 1.807) is 33.4 Å². The molecule has 0 saturated carbocycles. The van der Waals surface area contributed by atoms with Crippen LogP contribution in [0.4, 0.5) is 0 Å². The normalized spacial score (nSPS) is 11.4. The van der Waals surface area contributed by atoms with Gasteiger partial charge in [0.05, 0.1) is 0 Å². The molecular weight excluding hydrogens is 793 g/mol. The minimum absolute atomic E-state index is 1.05. The zero-order chi connectivity index (χ0) is 46.1. The molecule has 7 aromatic rings. The number of aryl methyl sites for hydroxylation is 12. The van der Waals surface area contributed by atoms with Crippen LogP contribution in [0.3, 0.4) is 0 Å². The fourth-order valence-corrected chi connectivity index (χ4v) is 10.2. The van der Waals surface area contributed by atoms with Crippen LogP contribution in [0, 0.1) is 0 Å². The molecule has 0 bridgehead atoms. The molecule has 0 unspecified atom stereocenters. The van der Waals surface area contributed by atoms with Gasteiger partial charge in [-0.2, -0.15) is 0 Å². The zero-order valence-corrected chi connectivity index (χ0v) is 41.6. The number of hydrogen-bond acceptors (Lipinski definition) is 0. The number of rotatable bonds is 24. The molecule has 0 spiro atoms. The highest BCUT2D eigenvalue weighted by atomic mass is 14.3. The molecule has 0 aliphatic rings. The van der Waals surface area contributed by atoms with Crippen LogP contribution in [0.15, 0.2) is 146 Å². The van der Waals surface area contributed by atoms with Gasteiger partial charge in [0, 0.05) is 0 Å². The Morgan fingerprint density at radius 3 is 0.364 bits per heavy atom. The average molecular weight is 871 g/mol. The molecule has 0 aromatic heterocycles. The Morgan fingerprint density at radius 2 is 0.258 bits per heavy atom. The van der Waals surface area contributed by atoms with Gasteiger partial charge in [0.25, 0.3) is 0 Å². The Balaban J connectivity index is 1.43. The number of benzene rings is 7. The first-order valence-corrected chi connectivity index (χ1v) is 26.0. The molecule has 0 heterocycles. The molecule has 0 saturated heterocycles. The van der Waals surface area contributed by atoms with E-state index in [1.807, 2.05) is 0 Å². The molecule has 0 fully saturated rings. The van der Waals surface area contributed by atoms with E-state index >= 15 is 0 Å². The van der Waals surface area contributed by atoms with E-state index in [2.05, 4.69) is 187 Å². The molecule has 7 aromatic carbocycles. The average Bonchev–Trinajstić information content (AvgIpc) is 3.38. The van der Waals surface area contributed by atoms with Gasteiger partial charge in [-0.25, -0.2) is 0 Å². The van der Waals surface area contributed by atoms with Crippen LogP contribution in [-0.4, -0.2) is 0 Å². The first kappa shape index (κ1) is 48.5. The highest BCUT2D eigenvalue weighted by molar-refractivity contribution is 5.55. The van der Waals surface area contributed by atoms with Crippen molar-refractivity contribution in [3.63, 3.8) is 0 Å². The highest BCUT2D eigenvalue weighted by Gasteiger charge is 2.24. The second-order valence-electron chi connectivity index (χ2n) is 18.9. The smallest absolute Gasteiger partial charge is 0.0233 e. The highest BCUT2D eigenvalue weighted by Crippen LogP contribution is 2.36. The Bertz CT molecular complexity index is 2020. The fourth-order valence-electron chi connectivity index (χ4n) is 10.2. The van der Waals surface area contributed by atoms with Crippen molar-refractivity contribution in [3.8, 4) is 0 Å². The van der Waals surface area contributed by atoms with E-state index in [1.165, 1.54) is 66.8 Å². The summed E-state index contributed by atoms with van der Waals surface area (Å²) in [7, 11) is 0. The van der Waals surface area contributed by atoms with Crippen LogP contribution in [-0.2, 0) is 116 Å². The molecule has 0 radical (unpaired) electrons. The van der Waals surface area contributed by atoms with Crippen molar-refractivity contribution in [2.75, 3.05) is 0 Å². The topological polar surface area (TPSA) is 0 Å². The van der Waals surface area contributed by atoms with E-state index in [0.717, 1.165) is 116 Å². The molecule has 0 amide bonds. The fraction of sp³-hybridized carbons (Fsp3) is 0.364. The van der Waals surface area contributed by atoms with E-state index in [4.69, 9.17) is 0 Å². The molecule has 7 rings (SSSR count). The maximum absolute atomic E-state index is 2.41. The van der Waals surface area contributed by atoms with Crippen molar-refractivity contribution >= 4 is 0 Å². The van der Waals surface area contributed by atoms with Crippen LogP contribution >= 0.6 is 0 Å². The van der Waals surface area contributed by atoms with Crippen LogP contribution < -0.4 is 0 Å². The molecule has 0 aliphatic carbocycles. The molecule has 342 valence electrons. The first-order chi connectivity index (χ1) is 32.4. The largest absolute Gasteiger partial charge is 0.0613 e. The SMILES string of the molecule is CCc1ccc(CCc2c(CCc3ccc(CC)cc3)c(CCc3ccc(CC)cc3)c(CCc3ccc(CC)cc3)c(CCc3ccc(CC)cc3)c2CCc2ccc(CC)cc2)cc1. The van der Waals surface area contributed by atoms with Gasteiger partial charge in [-0.1, -0.05) is 187 Å². The monoisotopic (exact) mass is 871 g/mol. The van der Waals surface area contributed by atoms with Crippen molar-refractivity contribution in [1.82, 2.24) is 0 Å². The van der Waals surface area contributed by atoms with E-state index < -0.39 is 0 Å². The summed E-state index contributed by atoms with van der Waals surface area (Å²) in [6, 6.07) is 57.2. The lowest BCUT2D eigenvalue weighted by Gasteiger charge is -2.28. The van der Waals surface area contributed by atoms with Crippen LogP contribution in [0.1, 0.15) is 142 Å². The second-order valence-corrected chi connectivity index (χ2v) is 18.9. The van der Waals surface area contributed by atoms with Gasteiger partial charge < -0.3 is 0 Å². The van der Waals surface area contributed by atoms with Gasteiger partial charge in [-0.05, 0) is 216 Å². The molecule has 0 aliphatic heterocycles.